The summed E-state index contributed by atoms with van der Waals surface area (Å²) in [6, 6.07) is 9.81. The van der Waals surface area contributed by atoms with Gasteiger partial charge in [-0.2, -0.15) is 0 Å². The van der Waals surface area contributed by atoms with Gasteiger partial charge in [0.1, 0.15) is 17.6 Å². The Kier molecular flexibility index (Phi) is 3.95. The second-order valence-electron chi connectivity index (χ2n) is 6.24. The highest BCUT2D eigenvalue weighted by atomic mass is 16.5. The number of benzene rings is 1. The van der Waals surface area contributed by atoms with Crippen molar-refractivity contribution in [3.05, 3.63) is 30.3 Å². The van der Waals surface area contributed by atoms with Crippen LogP contribution in [0.15, 0.2) is 30.3 Å². The number of hydrogen-bond acceptors (Lipinski definition) is 3. The molecular formula is C16H23NO2. The minimum absolute atomic E-state index is 0.00880. The number of carbonyl (C=O) groups excluding carboxylic acids is 1. The molecule has 1 aromatic carbocycles. The highest BCUT2D eigenvalue weighted by Gasteiger charge is 2.41. The van der Waals surface area contributed by atoms with Gasteiger partial charge in [-0.3, -0.25) is 9.69 Å². The van der Waals surface area contributed by atoms with Crippen LogP contribution in [0, 0.1) is 0 Å². The Hall–Kier alpha value is -1.35. The van der Waals surface area contributed by atoms with Gasteiger partial charge in [0.15, 0.2) is 0 Å². The molecule has 0 saturated carbocycles. The molecular weight excluding hydrogens is 238 g/mol. The first-order chi connectivity index (χ1) is 8.88. The summed E-state index contributed by atoms with van der Waals surface area (Å²) in [6.07, 6.45) is 0.872. The lowest BCUT2D eigenvalue weighted by atomic mass is 10.0. The van der Waals surface area contributed by atoms with Crippen LogP contribution >= 0.6 is 0 Å². The average molecular weight is 261 g/mol. The van der Waals surface area contributed by atoms with Gasteiger partial charge in [0.2, 0.25) is 0 Å². The second kappa shape index (κ2) is 5.33. The number of Topliss-reactive ketones (excluding diaryl/α,β-unsaturated/α-hetero) is 1. The number of nitrogens with zero attached hydrogens (tertiary/aromatic N) is 1. The van der Waals surface area contributed by atoms with Gasteiger partial charge < -0.3 is 4.74 Å². The maximum Gasteiger partial charge on any atom is 0.147 e. The van der Waals surface area contributed by atoms with E-state index in [9.17, 15) is 4.79 Å². The summed E-state index contributed by atoms with van der Waals surface area (Å²) in [4.78, 5) is 14.1. The van der Waals surface area contributed by atoms with E-state index >= 15 is 0 Å². The van der Waals surface area contributed by atoms with E-state index in [0.29, 0.717) is 0 Å². The van der Waals surface area contributed by atoms with E-state index in [1.807, 2.05) is 30.3 Å². The molecule has 2 rings (SSSR count). The third kappa shape index (κ3) is 3.35. The largest absolute Gasteiger partial charge is 0.489 e. The molecule has 0 aliphatic carbocycles. The molecule has 1 fully saturated rings. The molecule has 0 radical (unpaired) electrons. The Morgan fingerprint density at radius 1 is 1.26 bits per heavy atom. The molecule has 1 aromatic rings. The van der Waals surface area contributed by atoms with Gasteiger partial charge in [-0.25, -0.2) is 0 Å². The standard InChI is InChI=1S/C16H23NO2/c1-12(18)15-10-14(11-17(15)16(2,3)4)19-13-8-6-5-7-9-13/h5-9,14-15H,10-11H2,1-4H3. The monoisotopic (exact) mass is 261 g/mol. The molecule has 0 aromatic heterocycles. The zero-order valence-corrected chi connectivity index (χ0v) is 12.2. The Morgan fingerprint density at radius 2 is 1.89 bits per heavy atom. The molecule has 0 spiro atoms. The molecule has 0 N–H and O–H groups in total. The molecule has 104 valence electrons. The van der Waals surface area contributed by atoms with Gasteiger partial charge in [0.05, 0.1) is 6.04 Å². The maximum atomic E-state index is 11.8. The fraction of sp³-hybridized carbons (Fsp3) is 0.562. The van der Waals surface area contributed by atoms with Crippen LogP contribution in [0.25, 0.3) is 0 Å². The topological polar surface area (TPSA) is 29.5 Å². The second-order valence-corrected chi connectivity index (χ2v) is 6.24. The zero-order chi connectivity index (χ0) is 14.0. The summed E-state index contributed by atoms with van der Waals surface area (Å²) < 4.78 is 5.99. The molecule has 1 saturated heterocycles. The van der Waals surface area contributed by atoms with Gasteiger partial charge in [-0.15, -0.1) is 0 Å². The van der Waals surface area contributed by atoms with Crippen LogP contribution in [-0.2, 0) is 4.79 Å². The molecule has 2 unspecified atom stereocenters. The Balaban J connectivity index is 2.08. The fourth-order valence-electron chi connectivity index (χ4n) is 2.70. The van der Waals surface area contributed by atoms with Crippen molar-refractivity contribution in [3.8, 4) is 5.75 Å². The summed E-state index contributed by atoms with van der Waals surface area (Å²) in [5.41, 5.74) is -0.00880. The smallest absolute Gasteiger partial charge is 0.147 e. The molecule has 1 heterocycles. The zero-order valence-electron chi connectivity index (χ0n) is 12.2. The van der Waals surface area contributed by atoms with Gasteiger partial charge in [-0.1, -0.05) is 18.2 Å². The van der Waals surface area contributed by atoms with Crippen molar-refractivity contribution in [3.63, 3.8) is 0 Å². The van der Waals surface area contributed by atoms with Gasteiger partial charge >= 0.3 is 0 Å². The van der Waals surface area contributed by atoms with Crippen LogP contribution in [0.4, 0.5) is 0 Å². The Bertz CT molecular complexity index is 436. The van der Waals surface area contributed by atoms with E-state index in [2.05, 4.69) is 25.7 Å². The normalized spacial score (nSPS) is 24.4. The third-order valence-electron chi connectivity index (χ3n) is 3.64. The SMILES string of the molecule is CC(=O)C1CC(Oc2ccccc2)CN1C(C)(C)C. The first-order valence-corrected chi connectivity index (χ1v) is 6.87. The predicted molar refractivity (Wildman–Crippen MR) is 76.4 cm³/mol. The minimum Gasteiger partial charge on any atom is -0.489 e. The lowest BCUT2D eigenvalue weighted by Gasteiger charge is -2.35. The van der Waals surface area contributed by atoms with Gasteiger partial charge in [0, 0.05) is 18.5 Å². The maximum absolute atomic E-state index is 11.8. The number of para-hydroxylation sites is 1. The molecule has 1 aliphatic heterocycles. The van der Waals surface area contributed by atoms with Crippen molar-refractivity contribution in [2.24, 2.45) is 0 Å². The lowest BCUT2D eigenvalue weighted by molar-refractivity contribution is -0.122. The van der Waals surface area contributed by atoms with Crippen molar-refractivity contribution in [2.75, 3.05) is 6.54 Å². The molecule has 0 bridgehead atoms. The highest BCUT2D eigenvalue weighted by molar-refractivity contribution is 5.82. The summed E-state index contributed by atoms with van der Waals surface area (Å²) in [5, 5.41) is 0. The quantitative estimate of drug-likeness (QED) is 0.838. The molecule has 1 aliphatic rings. The van der Waals surface area contributed by atoms with Crippen molar-refractivity contribution < 1.29 is 9.53 Å². The number of hydrogen-bond donors (Lipinski definition) is 0. The van der Waals surface area contributed by atoms with E-state index in [1.54, 1.807) is 6.92 Å². The van der Waals surface area contributed by atoms with E-state index in [-0.39, 0.29) is 23.5 Å². The number of ether oxygens (including phenoxy) is 1. The lowest BCUT2D eigenvalue weighted by Crippen LogP contribution is -2.47. The van der Waals surface area contributed by atoms with Crippen LogP contribution < -0.4 is 4.74 Å². The van der Waals surface area contributed by atoms with Crippen LogP contribution in [0.3, 0.4) is 0 Å². The fourth-order valence-corrected chi connectivity index (χ4v) is 2.70. The van der Waals surface area contributed by atoms with E-state index in [0.717, 1.165) is 18.7 Å². The van der Waals surface area contributed by atoms with Crippen LogP contribution in [0.1, 0.15) is 34.1 Å². The summed E-state index contributed by atoms with van der Waals surface area (Å²) >= 11 is 0. The van der Waals surface area contributed by atoms with Crippen molar-refractivity contribution in [1.82, 2.24) is 4.90 Å². The number of ketones is 1. The van der Waals surface area contributed by atoms with Gasteiger partial charge in [-0.05, 0) is 39.8 Å². The predicted octanol–water partition coefficient (Wildman–Crippen LogP) is 2.90. The van der Waals surface area contributed by atoms with Crippen molar-refractivity contribution in [1.29, 1.82) is 0 Å². The third-order valence-corrected chi connectivity index (χ3v) is 3.64. The number of carbonyl (C=O) groups is 1. The summed E-state index contributed by atoms with van der Waals surface area (Å²) in [6.45, 7) is 8.92. The van der Waals surface area contributed by atoms with Crippen LogP contribution in [-0.4, -0.2) is 34.9 Å². The number of rotatable bonds is 3. The summed E-state index contributed by atoms with van der Waals surface area (Å²) in [5.74, 6) is 1.11. The van der Waals surface area contributed by atoms with Crippen molar-refractivity contribution in [2.45, 2.75) is 51.8 Å². The number of likely N-dealkylation sites (tertiary alicyclic amines) is 1. The van der Waals surface area contributed by atoms with Crippen molar-refractivity contribution >= 4 is 5.78 Å². The first kappa shape index (κ1) is 14.1. The molecule has 2 atom stereocenters. The summed E-state index contributed by atoms with van der Waals surface area (Å²) in [7, 11) is 0. The molecule has 0 amide bonds. The Labute approximate surface area is 115 Å². The van der Waals surface area contributed by atoms with Gasteiger partial charge in [0.25, 0.3) is 0 Å². The van der Waals surface area contributed by atoms with Crippen LogP contribution in [0.5, 0.6) is 5.75 Å². The van der Waals surface area contributed by atoms with E-state index < -0.39 is 0 Å². The molecule has 3 nitrogen and oxygen atoms in total. The Morgan fingerprint density at radius 3 is 2.37 bits per heavy atom. The van der Waals surface area contributed by atoms with E-state index in [4.69, 9.17) is 4.74 Å². The van der Waals surface area contributed by atoms with E-state index in [1.165, 1.54) is 0 Å². The molecule has 3 heteroatoms. The first-order valence-electron chi connectivity index (χ1n) is 6.87. The average Bonchev–Trinajstić information content (AvgIpc) is 2.74. The van der Waals surface area contributed by atoms with Crippen LogP contribution in [0.2, 0.25) is 0 Å². The minimum atomic E-state index is -0.0197. The highest BCUT2D eigenvalue weighted by Crippen LogP contribution is 2.29. The molecule has 19 heavy (non-hydrogen) atoms.